The fourth-order valence-corrected chi connectivity index (χ4v) is 4.48. The van der Waals surface area contributed by atoms with Gasteiger partial charge in [0.05, 0.1) is 4.90 Å². The summed E-state index contributed by atoms with van der Waals surface area (Å²) >= 11 is 3.24. The van der Waals surface area contributed by atoms with Crippen LogP contribution in [-0.2, 0) is 19.6 Å². The predicted molar refractivity (Wildman–Crippen MR) is 113 cm³/mol. The summed E-state index contributed by atoms with van der Waals surface area (Å²) in [6, 6.07) is 6.32. The Morgan fingerprint density at radius 2 is 1.90 bits per heavy atom. The number of sulfonamides is 1. The monoisotopic (exact) mass is 489 g/mol. The van der Waals surface area contributed by atoms with E-state index >= 15 is 0 Å². The third-order valence-electron chi connectivity index (χ3n) is 4.26. The molecule has 1 heterocycles. The van der Waals surface area contributed by atoms with Gasteiger partial charge < -0.3 is 15.0 Å². The fraction of sp³-hybridized carbons (Fsp3) is 0.579. The zero-order valence-corrected chi connectivity index (χ0v) is 19.3. The molecule has 0 aromatic heterocycles. The highest BCUT2D eigenvalue weighted by Gasteiger charge is 2.27. The van der Waals surface area contributed by atoms with Crippen molar-refractivity contribution >= 4 is 38.0 Å². The second kappa shape index (κ2) is 9.90. The van der Waals surface area contributed by atoms with Gasteiger partial charge in [0.1, 0.15) is 5.60 Å². The van der Waals surface area contributed by atoms with E-state index < -0.39 is 15.6 Å². The van der Waals surface area contributed by atoms with Gasteiger partial charge in [-0.2, -0.15) is 0 Å². The lowest BCUT2D eigenvalue weighted by Crippen LogP contribution is -2.48. The average Bonchev–Trinajstić information content (AvgIpc) is 2.60. The van der Waals surface area contributed by atoms with Gasteiger partial charge in [0.15, 0.2) is 0 Å². The Kier molecular flexibility index (Phi) is 8.07. The molecule has 1 aromatic carbocycles. The standard InChI is InChI=1S/C19H28BrN3O5S/c1-19(2,3)28-18(25)23-11-8-15(9-12-23)22-17(24)7-10-21-29(26,27)16-6-4-5-14(20)13-16/h4-6,13,15,21H,7-12H2,1-3H3,(H,22,24). The predicted octanol–water partition coefficient (Wildman–Crippen LogP) is 2.63. The molecule has 0 radical (unpaired) electrons. The molecule has 2 amide bonds. The van der Waals surface area contributed by atoms with Crippen LogP contribution in [0.15, 0.2) is 33.6 Å². The lowest BCUT2D eigenvalue weighted by molar-refractivity contribution is -0.121. The van der Waals surface area contributed by atoms with E-state index in [1.54, 1.807) is 17.0 Å². The number of hydrogen-bond acceptors (Lipinski definition) is 5. The maximum absolute atomic E-state index is 12.2. The Bertz CT molecular complexity index is 830. The lowest BCUT2D eigenvalue weighted by atomic mass is 10.1. The van der Waals surface area contributed by atoms with Crippen molar-refractivity contribution in [2.24, 2.45) is 0 Å². The minimum atomic E-state index is -3.66. The summed E-state index contributed by atoms with van der Waals surface area (Å²) in [7, 11) is -3.66. The van der Waals surface area contributed by atoms with Gasteiger partial charge in [-0.3, -0.25) is 4.79 Å². The summed E-state index contributed by atoms with van der Waals surface area (Å²) in [5, 5.41) is 2.90. The number of rotatable bonds is 6. The Morgan fingerprint density at radius 1 is 1.24 bits per heavy atom. The topological polar surface area (TPSA) is 105 Å². The number of benzene rings is 1. The summed E-state index contributed by atoms with van der Waals surface area (Å²) in [6.45, 7) is 6.50. The summed E-state index contributed by atoms with van der Waals surface area (Å²) in [6.07, 6.45) is 0.965. The molecule has 0 bridgehead atoms. The van der Waals surface area contributed by atoms with Crippen LogP contribution >= 0.6 is 15.9 Å². The molecule has 8 nitrogen and oxygen atoms in total. The number of nitrogens with zero attached hydrogens (tertiary/aromatic N) is 1. The van der Waals surface area contributed by atoms with E-state index in [1.807, 2.05) is 20.8 Å². The van der Waals surface area contributed by atoms with E-state index in [1.165, 1.54) is 12.1 Å². The van der Waals surface area contributed by atoms with Gasteiger partial charge in [0.25, 0.3) is 0 Å². The van der Waals surface area contributed by atoms with Gasteiger partial charge in [-0.05, 0) is 51.8 Å². The summed E-state index contributed by atoms with van der Waals surface area (Å²) in [4.78, 5) is 26.0. The van der Waals surface area contributed by atoms with Gasteiger partial charge in [-0.25, -0.2) is 17.9 Å². The Morgan fingerprint density at radius 3 is 2.48 bits per heavy atom. The molecule has 10 heteroatoms. The van der Waals surface area contributed by atoms with E-state index in [9.17, 15) is 18.0 Å². The van der Waals surface area contributed by atoms with Crippen molar-refractivity contribution in [1.82, 2.24) is 14.9 Å². The number of halogens is 1. The van der Waals surface area contributed by atoms with Crippen LogP contribution in [0.4, 0.5) is 4.79 Å². The molecular weight excluding hydrogens is 462 g/mol. The van der Waals surface area contributed by atoms with E-state index in [4.69, 9.17) is 4.74 Å². The van der Waals surface area contributed by atoms with E-state index in [-0.39, 0.29) is 35.9 Å². The number of carbonyl (C=O) groups is 2. The second-order valence-corrected chi connectivity index (χ2v) is 10.6. The summed E-state index contributed by atoms with van der Waals surface area (Å²) in [5.74, 6) is -0.224. The van der Waals surface area contributed by atoms with Crippen molar-refractivity contribution in [3.05, 3.63) is 28.7 Å². The maximum atomic E-state index is 12.2. The molecule has 0 aliphatic carbocycles. The largest absolute Gasteiger partial charge is 0.444 e. The van der Waals surface area contributed by atoms with E-state index in [2.05, 4.69) is 26.0 Å². The van der Waals surface area contributed by atoms with Crippen LogP contribution in [0.25, 0.3) is 0 Å². The molecule has 1 aliphatic rings. The number of nitrogens with one attached hydrogen (secondary N) is 2. The van der Waals surface area contributed by atoms with Crippen molar-refractivity contribution in [2.75, 3.05) is 19.6 Å². The van der Waals surface area contributed by atoms with Crippen LogP contribution in [0.5, 0.6) is 0 Å². The first-order valence-corrected chi connectivity index (χ1v) is 11.8. The van der Waals surface area contributed by atoms with Crippen molar-refractivity contribution < 1.29 is 22.7 Å². The van der Waals surface area contributed by atoms with Gasteiger partial charge >= 0.3 is 6.09 Å². The highest BCUT2D eigenvalue weighted by Crippen LogP contribution is 2.17. The van der Waals surface area contributed by atoms with Crippen LogP contribution in [0, 0.1) is 0 Å². The van der Waals surface area contributed by atoms with Crippen LogP contribution in [-0.4, -0.2) is 56.6 Å². The summed E-state index contributed by atoms with van der Waals surface area (Å²) < 4.78 is 32.9. The molecule has 0 atom stereocenters. The van der Waals surface area contributed by atoms with Crippen molar-refractivity contribution in [1.29, 1.82) is 0 Å². The van der Waals surface area contributed by atoms with Crippen LogP contribution in [0.1, 0.15) is 40.0 Å². The maximum Gasteiger partial charge on any atom is 0.410 e. The first-order valence-electron chi connectivity index (χ1n) is 9.49. The number of piperidine rings is 1. The zero-order valence-electron chi connectivity index (χ0n) is 16.9. The van der Waals surface area contributed by atoms with Crippen molar-refractivity contribution in [3.8, 4) is 0 Å². The molecule has 1 saturated heterocycles. The quantitative estimate of drug-likeness (QED) is 0.638. The molecule has 29 heavy (non-hydrogen) atoms. The first-order chi connectivity index (χ1) is 13.5. The number of likely N-dealkylation sites (tertiary alicyclic amines) is 1. The zero-order chi connectivity index (χ0) is 21.7. The van der Waals surface area contributed by atoms with E-state index in [0.29, 0.717) is 30.4 Å². The van der Waals surface area contributed by atoms with Gasteiger partial charge in [0.2, 0.25) is 15.9 Å². The Labute approximate surface area is 180 Å². The molecule has 0 saturated carbocycles. The normalized spacial score (nSPS) is 15.8. The highest BCUT2D eigenvalue weighted by molar-refractivity contribution is 9.10. The molecule has 0 spiro atoms. The molecule has 162 valence electrons. The lowest BCUT2D eigenvalue weighted by Gasteiger charge is -2.33. The van der Waals surface area contributed by atoms with Gasteiger partial charge in [-0.15, -0.1) is 0 Å². The van der Waals surface area contributed by atoms with Crippen molar-refractivity contribution in [3.63, 3.8) is 0 Å². The SMILES string of the molecule is CC(C)(C)OC(=O)N1CCC(NC(=O)CCNS(=O)(=O)c2cccc(Br)c2)CC1. The van der Waals surface area contributed by atoms with Gasteiger partial charge in [0, 0.05) is 36.6 Å². The Hall–Kier alpha value is -1.65. The summed E-state index contributed by atoms with van der Waals surface area (Å²) in [5.41, 5.74) is -0.536. The van der Waals surface area contributed by atoms with E-state index in [0.717, 1.165) is 0 Å². The number of amides is 2. The molecule has 0 unspecified atom stereocenters. The smallest absolute Gasteiger partial charge is 0.410 e. The molecule has 1 fully saturated rings. The average molecular weight is 490 g/mol. The Balaban J connectivity index is 1.72. The minimum absolute atomic E-state index is 0.0113. The van der Waals surface area contributed by atoms with Crippen molar-refractivity contribution in [2.45, 2.75) is 56.6 Å². The molecule has 2 N–H and O–H groups in total. The van der Waals surface area contributed by atoms with Crippen LogP contribution < -0.4 is 10.0 Å². The molecule has 2 rings (SSSR count). The van der Waals surface area contributed by atoms with Gasteiger partial charge in [-0.1, -0.05) is 22.0 Å². The second-order valence-electron chi connectivity index (χ2n) is 7.91. The number of carbonyl (C=O) groups excluding carboxylic acids is 2. The molecule has 1 aliphatic heterocycles. The highest BCUT2D eigenvalue weighted by atomic mass is 79.9. The molecular formula is C19H28BrN3O5S. The number of hydrogen-bond donors (Lipinski definition) is 2. The van der Waals surface area contributed by atoms with Crippen LogP contribution in [0.3, 0.4) is 0 Å². The third-order valence-corrected chi connectivity index (χ3v) is 6.21. The molecule has 1 aromatic rings. The number of ether oxygens (including phenoxy) is 1. The van der Waals surface area contributed by atoms with Crippen LogP contribution in [0.2, 0.25) is 0 Å². The fourth-order valence-electron chi connectivity index (χ4n) is 2.85. The third kappa shape index (κ3) is 7.94. The minimum Gasteiger partial charge on any atom is -0.444 e. The first kappa shape index (κ1) is 23.6.